The molecule has 1 heterocycles. The van der Waals surface area contributed by atoms with Gasteiger partial charge < -0.3 is 19.7 Å². The van der Waals surface area contributed by atoms with E-state index in [4.69, 9.17) is 9.47 Å². The van der Waals surface area contributed by atoms with Crippen molar-refractivity contribution in [1.29, 1.82) is 0 Å². The summed E-state index contributed by atoms with van der Waals surface area (Å²) in [5.74, 6) is 0.605. The van der Waals surface area contributed by atoms with Crippen LogP contribution in [0.2, 0.25) is 0 Å². The summed E-state index contributed by atoms with van der Waals surface area (Å²) in [5.41, 5.74) is 5.08. The van der Waals surface area contributed by atoms with E-state index in [1.54, 1.807) is 0 Å². The standard InChI is InChI=1S/C32H34N2O3/c1-22-25(12-9-14-27(22)32(35)36-3)20-34-21-26(37-31-17-7-6-16-30(31)34)18-19-33-23(2)28-15-8-11-24-10-4-5-13-29(24)28/h4-17,23,26,33H,18-21H2,1-3H3/t23-,26?/m1/s1. The molecular formula is C32H34N2O3. The fourth-order valence-corrected chi connectivity index (χ4v) is 5.27. The van der Waals surface area contributed by atoms with Gasteiger partial charge in [-0.3, -0.25) is 0 Å². The molecule has 1 aliphatic heterocycles. The van der Waals surface area contributed by atoms with Crippen molar-refractivity contribution in [2.45, 2.75) is 39.0 Å². The van der Waals surface area contributed by atoms with Gasteiger partial charge in [0.05, 0.1) is 24.9 Å². The first-order valence-electron chi connectivity index (χ1n) is 12.9. The maximum absolute atomic E-state index is 12.2. The van der Waals surface area contributed by atoms with Crippen LogP contribution in [-0.2, 0) is 11.3 Å². The minimum atomic E-state index is -0.300. The molecule has 190 valence electrons. The number of nitrogens with zero attached hydrogens (tertiary/aromatic N) is 1. The molecule has 2 atom stereocenters. The van der Waals surface area contributed by atoms with Gasteiger partial charge >= 0.3 is 5.97 Å². The van der Waals surface area contributed by atoms with Crippen LogP contribution in [0.25, 0.3) is 10.8 Å². The summed E-state index contributed by atoms with van der Waals surface area (Å²) in [6, 6.07) is 29.3. The summed E-state index contributed by atoms with van der Waals surface area (Å²) in [7, 11) is 1.42. The quantitative estimate of drug-likeness (QED) is 0.286. The monoisotopic (exact) mass is 494 g/mol. The average molecular weight is 495 g/mol. The maximum Gasteiger partial charge on any atom is 0.338 e. The first kappa shape index (κ1) is 24.8. The summed E-state index contributed by atoms with van der Waals surface area (Å²) >= 11 is 0. The summed E-state index contributed by atoms with van der Waals surface area (Å²) in [6.45, 7) is 6.55. The van der Waals surface area contributed by atoms with E-state index < -0.39 is 0 Å². The van der Waals surface area contributed by atoms with Crippen molar-refractivity contribution >= 4 is 22.4 Å². The lowest BCUT2D eigenvalue weighted by atomic mass is 9.99. The zero-order chi connectivity index (χ0) is 25.8. The van der Waals surface area contributed by atoms with Crippen LogP contribution in [0.4, 0.5) is 5.69 Å². The number of carbonyl (C=O) groups is 1. The number of benzene rings is 4. The third-order valence-corrected chi connectivity index (χ3v) is 7.34. The Hall–Kier alpha value is -3.83. The number of nitrogens with one attached hydrogen (secondary N) is 1. The number of fused-ring (bicyclic) bond motifs is 2. The van der Waals surface area contributed by atoms with Crippen LogP contribution < -0.4 is 15.0 Å². The van der Waals surface area contributed by atoms with Crippen LogP contribution in [0.15, 0.2) is 84.9 Å². The van der Waals surface area contributed by atoms with Gasteiger partial charge in [-0.2, -0.15) is 0 Å². The zero-order valence-corrected chi connectivity index (χ0v) is 21.7. The Morgan fingerprint density at radius 2 is 1.78 bits per heavy atom. The lowest BCUT2D eigenvalue weighted by molar-refractivity contribution is 0.0599. The molecule has 1 aliphatic rings. The Labute approximate surface area is 219 Å². The van der Waals surface area contributed by atoms with Crippen molar-refractivity contribution in [3.63, 3.8) is 0 Å². The van der Waals surface area contributed by atoms with Crippen molar-refractivity contribution in [2.24, 2.45) is 0 Å². The Morgan fingerprint density at radius 3 is 2.65 bits per heavy atom. The second kappa shape index (κ2) is 11.1. The van der Waals surface area contributed by atoms with Crippen molar-refractivity contribution < 1.29 is 14.3 Å². The molecule has 0 aromatic heterocycles. The smallest absolute Gasteiger partial charge is 0.338 e. The van der Waals surface area contributed by atoms with Crippen LogP contribution in [0.5, 0.6) is 5.75 Å². The van der Waals surface area contributed by atoms with Crippen molar-refractivity contribution in [1.82, 2.24) is 5.32 Å². The number of hydrogen-bond acceptors (Lipinski definition) is 5. The summed E-state index contributed by atoms with van der Waals surface area (Å²) in [5, 5.41) is 6.27. The lowest BCUT2D eigenvalue weighted by Gasteiger charge is -2.37. The first-order valence-corrected chi connectivity index (χ1v) is 12.9. The highest BCUT2D eigenvalue weighted by Crippen LogP contribution is 2.35. The molecule has 0 bridgehead atoms. The molecule has 4 aromatic rings. The second-order valence-electron chi connectivity index (χ2n) is 9.70. The van der Waals surface area contributed by atoms with Gasteiger partial charge in [-0.15, -0.1) is 0 Å². The summed E-state index contributed by atoms with van der Waals surface area (Å²) in [4.78, 5) is 14.6. The zero-order valence-electron chi connectivity index (χ0n) is 21.7. The highest BCUT2D eigenvalue weighted by Gasteiger charge is 2.26. The van der Waals surface area contributed by atoms with Gasteiger partial charge in [-0.25, -0.2) is 4.79 Å². The summed E-state index contributed by atoms with van der Waals surface area (Å²) in [6.07, 6.45) is 0.951. The number of esters is 1. The van der Waals surface area contributed by atoms with Gasteiger partial charge in [0.25, 0.3) is 0 Å². The number of methoxy groups -OCH3 is 1. The van der Waals surface area contributed by atoms with E-state index >= 15 is 0 Å². The molecule has 0 saturated carbocycles. The highest BCUT2D eigenvalue weighted by atomic mass is 16.5. The first-order chi connectivity index (χ1) is 18.0. The molecule has 37 heavy (non-hydrogen) atoms. The maximum atomic E-state index is 12.2. The van der Waals surface area contributed by atoms with Crippen LogP contribution in [0.3, 0.4) is 0 Å². The van der Waals surface area contributed by atoms with E-state index in [1.807, 2.05) is 37.3 Å². The number of para-hydroxylation sites is 2. The largest absolute Gasteiger partial charge is 0.486 e. The number of hydrogen-bond donors (Lipinski definition) is 1. The minimum Gasteiger partial charge on any atom is -0.486 e. The van der Waals surface area contributed by atoms with Crippen LogP contribution in [0, 0.1) is 6.92 Å². The number of rotatable bonds is 8. The Morgan fingerprint density at radius 1 is 1.03 bits per heavy atom. The molecule has 5 heteroatoms. The van der Waals surface area contributed by atoms with E-state index in [2.05, 4.69) is 71.7 Å². The highest BCUT2D eigenvalue weighted by molar-refractivity contribution is 5.91. The molecular weight excluding hydrogens is 460 g/mol. The molecule has 0 fully saturated rings. The average Bonchev–Trinajstić information content (AvgIpc) is 2.93. The fraction of sp³-hybridized carbons (Fsp3) is 0.281. The van der Waals surface area contributed by atoms with Gasteiger partial charge in [-0.1, -0.05) is 66.7 Å². The third kappa shape index (κ3) is 5.32. The summed E-state index contributed by atoms with van der Waals surface area (Å²) < 4.78 is 11.4. The van der Waals surface area contributed by atoms with Gasteiger partial charge in [-0.05, 0) is 72.5 Å². The lowest BCUT2D eigenvalue weighted by Crippen LogP contribution is -2.41. The van der Waals surface area contributed by atoms with Crippen molar-refractivity contribution in [2.75, 3.05) is 25.1 Å². The van der Waals surface area contributed by atoms with E-state index in [9.17, 15) is 4.79 Å². The molecule has 1 N–H and O–H groups in total. The fourth-order valence-electron chi connectivity index (χ4n) is 5.27. The number of carbonyl (C=O) groups excluding carboxylic acids is 1. The SMILES string of the molecule is COC(=O)c1cccc(CN2CC(CCN[C@H](C)c3cccc4ccccc34)Oc3ccccc32)c1C. The molecule has 0 saturated heterocycles. The molecule has 0 amide bonds. The minimum absolute atomic E-state index is 0.0613. The van der Waals surface area contributed by atoms with E-state index in [0.29, 0.717) is 12.1 Å². The molecule has 0 aliphatic carbocycles. The van der Waals surface area contributed by atoms with Gasteiger partial charge in [0, 0.05) is 12.6 Å². The Kier molecular flexibility index (Phi) is 7.42. The number of ether oxygens (including phenoxy) is 2. The van der Waals surface area contributed by atoms with E-state index in [1.165, 1.54) is 23.4 Å². The Bertz CT molecular complexity index is 1390. The van der Waals surface area contributed by atoms with Crippen molar-refractivity contribution in [3.05, 3.63) is 107 Å². The second-order valence-corrected chi connectivity index (χ2v) is 9.70. The van der Waals surface area contributed by atoms with Crippen LogP contribution in [-0.4, -0.2) is 32.3 Å². The van der Waals surface area contributed by atoms with Crippen LogP contribution >= 0.6 is 0 Å². The normalized spacial score (nSPS) is 15.6. The third-order valence-electron chi connectivity index (χ3n) is 7.34. The van der Waals surface area contributed by atoms with Gasteiger partial charge in [0.15, 0.2) is 0 Å². The van der Waals surface area contributed by atoms with Crippen LogP contribution in [0.1, 0.15) is 46.4 Å². The molecule has 4 aromatic carbocycles. The van der Waals surface area contributed by atoms with Gasteiger partial charge in [0.2, 0.25) is 0 Å². The van der Waals surface area contributed by atoms with Gasteiger partial charge in [0.1, 0.15) is 11.9 Å². The number of anilines is 1. The molecule has 0 spiro atoms. The van der Waals surface area contributed by atoms with E-state index in [0.717, 1.165) is 42.1 Å². The molecule has 5 nitrogen and oxygen atoms in total. The predicted molar refractivity (Wildman–Crippen MR) is 149 cm³/mol. The molecule has 1 unspecified atom stereocenters. The predicted octanol–water partition coefficient (Wildman–Crippen LogP) is 6.44. The Balaban J connectivity index is 1.28. The topological polar surface area (TPSA) is 50.8 Å². The van der Waals surface area contributed by atoms with Crippen molar-refractivity contribution in [3.8, 4) is 5.75 Å². The molecule has 0 radical (unpaired) electrons. The molecule has 5 rings (SSSR count). The van der Waals surface area contributed by atoms with E-state index in [-0.39, 0.29) is 18.1 Å².